The fourth-order valence-corrected chi connectivity index (χ4v) is 3.74. The smallest absolute Gasteiger partial charge is 0.0255 e. The first-order valence-electron chi connectivity index (χ1n) is 4.14. The minimum absolute atomic E-state index is 0.739. The van der Waals surface area contributed by atoms with Crippen LogP contribution in [0.5, 0.6) is 0 Å². The molecule has 3 unspecified atom stereocenters. The van der Waals surface area contributed by atoms with E-state index in [1.807, 2.05) is 0 Å². The third-order valence-electron chi connectivity index (χ3n) is 4.18. The molecule has 2 bridgehead atoms. The summed E-state index contributed by atoms with van der Waals surface area (Å²) in [6.07, 6.45) is 4.74. The van der Waals surface area contributed by atoms with E-state index in [0.717, 1.165) is 16.7 Å². The predicted molar refractivity (Wildman–Crippen MR) is 37.0 cm³/mol. The van der Waals surface area contributed by atoms with Gasteiger partial charge in [0.15, 0.2) is 0 Å². The van der Waals surface area contributed by atoms with Crippen LogP contribution in [-0.4, -0.2) is 0 Å². The van der Waals surface area contributed by atoms with E-state index in [-0.39, 0.29) is 0 Å². The Morgan fingerprint density at radius 3 is 2.00 bits per heavy atom. The number of hydrogen-bond donors (Lipinski definition) is 0. The van der Waals surface area contributed by atoms with Gasteiger partial charge in [0, 0.05) is 0 Å². The molecule has 0 nitrogen and oxygen atoms in total. The van der Waals surface area contributed by atoms with Crippen LogP contribution < -0.4 is 0 Å². The van der Waals surface area contributed by atoms with E-state index in [2.05, 4.69) is 13.8 Å². The van der Waals surface area contributed by atoms with Crippen molar-refractivity contribution in [3.8, 4) is 0 Å². The Morgan fingerprint density at radius 2 is 1.78 bits per heavy atom. The molecule has 4 saturated carbocycles. The van der Waals surface area contributed by atoms with Gasteiger partial charge in [-0.15, -0.1) is 0 Å². The Kier molecular flexibility index (Phi) is 0.470. The minimum atomic E-state index is 0.739. The van der Waals surface area contributed by atoms with Gasteiger partial charge in [0.05, 0.1) is 0 Å². The molecule has 0 N–H and O–H groups in total. The van der Waals surface area contributed by atoms with Gasteiger partial charge in [-0.3, -0.25) is 0 Å². The largest absolute Gasteiger partial charge is 0.0596 e. The van der Waals surface area contributed by atoms with E-state index in [9.17, 15) is 0 Å². The van der Waals surface area contributed by atoms with Crippen LogP contribution in [0.1, 0.15) is 33.1 Å². The normalized spacial score (nSPS) is 64.7. The van der Waals surface area contributed by atoms with Gasteiger partial charge in [-0.05, 0) is 41.9 Å². The van der Waals surface area contributed by atoms with Crippen LogP contribution in [0.15, 0.2) is 0 Å². The van der Waals surface area contributed by atoms with Gasteiger partial charge in [0.2, 0.25) is 0 Å². The number of fused-ring (bicyclic) bond motifs is 1. The van der Waals surface area contributed by atoms with Gasteiger partial charge >= 0.3 is 0 Å². The Balaban J connectivity index is 2.05. The van der Waals surface area contributed by atoms with Gasteiger partial charge in [-0.2, -0.15) is 0 Å². The summed E-state index contributed by atoms with van der Waals surface area (Å²) in [4.78, 5) is 0. The third-order valence-corrected chi connectivity index (χ3v) is 4.18. The van der Waals surface area contributed by atoms with Crippen molar-refractivity contribution in [2.75, 3.05) is 0 Å². The van der Waals surface area contributed by atoms with E-state index in [1.165, 1.54) is 5.92 Å². The van der Waals surface area contributed by atoms with Gasteiger partial charge in [-0.1, -0.05) is 13.8 Å². The van der Waals surface area contributed by atoms with Gasteiger partial charge in [0.25, 0.3) is 0 Å². The third kappa shape index (κ3) is 0.320. The second-order valence-corrected chi connectivity index (χ2v) is 5.15. The fourth-order valence-electron chi connectivity index (χ4n) is 3.74. The Labute approximate surface area is 56.6 Å². The van der Waals surface area contributed by atoms with E-state index in [0.29, 0.717) is 0 Å². The highest BCUT2D eigenvalue weighted by Crippen LogP contribution is 2.84. The highest BCUT2D eigenvalue weighted by atomic mass is 14.8. The summed E-state index contributed by atoms with van der Waals surface area (Å²) in [5.41, 5.74) is 1.68. The summed E-state index contributed by atoms with van der Waals surface area (Å²) in [7, 11) is 0. The highest BCUT2D eigenvalue weighted by molar-refractivity contribution is 5.25. The molecule has 0 heteroatoms. The minimum Gasteiger partial charge on any atom is -0.0596 e. The Bertz CT molecular complexity index is 180. The molecule has 0 aliphatic heterocycles. The highest BCUT2D eigenvalue weighted by Gasteiger charge is 2.76. The van der Waals surface area contributed by atoms with Crippen molar-refractivity contribution < 1.29 is 0 Å². The molecule has 0 amide bonds. The van der Waals surface area contributed by atoms with Crippen LogP contribution in [-0.2, 0) is 0 Å². The monoisotopic (exact) mass is 122 g/mol. The molecular formula is C9H14. The van der Waals surface area contributed by atoms with Crippen LogP contribution in [0.2, 0.25) is 0 Å². The Morgan fingerprint density at radius 1 is 1.11 bits per heavy atom. The second-order valence-electron chi connectivity index (χ2n) is 5.15. The first kappa shape index (κ1) is 4.76. The Hall–Kier alpha value is 0. The summed E-state index contributed by atoms with van der Waals surface area (Å²) in [6, 6.07) is 0. The fraction of sp³-hybridized carbons (Fsp3) is 1.00. The zero-order valence-electron chi connectivity index (χ0n) is 6.28. The SMILES string of the molecule is CC1(C)CC23CC1C2C3. The van der Waals surface area contributed by atoms with Crippen molar-refractivity contribution >= 4 is 0 Å². The number of hydrogen-bond acceptors (Lipinski definition) is 0. The molecule has 3 atom stereocenters. The van der Waals surface area contributed by atoms with Crippen molar-refractivity contribution in [3.63, 3.8) is 0 Å². The summed E-state index contributed by atoms with van der Waals surface area (Å²) in [5, 5.41) is 0. The second kappa shape index (κ2) is 0.889. The maximum atomic E-state index is 2.46. The van der Waals surface area contributed by atoms with Crippen LogP contribution in [0.3, 0.4) is 0 Å². The standard InChI is InChI=1S/C9H14/c1-8(2)5-9-3-6(8)7(9)4-9/h6-7H,3-5H2,1-2H3. The van der Waals surface area contributed by atoms with Crippen LogP contribution in [0.25, 0.3) is 0 Å². The molecule has 0 aromatic heterocycles. The number of rotatable bonds is 0. The molecule has 0 heterocycles. The molecule has 0 aromatic carbocycles. The van der Waals surface area contributed by atoms with Crippen molar-refractivity contribution in [2.24, 2.45) is 22.7 Å². The molecule has 4 rings (SSSR count). The first-order valence-corrected chi connectivity index (χ1v) is 4.14. The molecular weight excluding hydrogens is 108 g/mol. The summed E-state index contributed by atoms with van der Waals surface area (Å²) in [6.45, 7) is 4.91. The van der Waals surface area contributed by atoms with E-state index >= 15 is 0 Å². The van der Waals surface area contributed by atoms with Crippen LogP contribution in [0, 0.1) is 22.7 Å². The predicted octanol–water partition coefficient (Wildman–Crippen LogP) is 2.44. The molecule has 0 radical (unpaired) electrons. The topological polar surface area (TPSA) is 0 Å². The molecule has 0 saturated heterocycles. The lowest BCUT2D eigenvalue weighted by Gasteiger charge is -2.28. The zero-order valence-corrected chi connectivity index (χ0v) is 6.28. The molecule has 0 aromatic rings. The van der Waals surface area contributed by atoms with Crippen molar-refractivity contribution in [1.29, 1.82) is 0 Å². The van der Waals surface area contributed by atoms with Crippen LogP contribution in [0.4, 0.5) is 0 Å². The first-order chi connectivity index (χ1) is 4.14. The molecule has 50 valence electrons. The van der Waals surface area contributed by atoms with Crippen LogP contribution >= 0.6 is 0 Å². The lowest BCUT2D eigenvalue weighted by Crippen LogP contribution is -2.21. The van der Waals surface area contributed by atoms with Gasteiger partial charge < -0.3 is 0 Å². The molecule has 4 fully saturated rings. The van der Waals surface area contributed by atoms with Crippen molar-refractivity contribution in [1.82, 2.24) is 0 Å². The molecule has 1 spiro atoms. The van der Waals surface area contributed by atoms with Crippen molar-refractivity contribution in [3.05, 3.63) is 0 Å². The quantitative estimate of drug-likeness (QED) is 0.463. The van der Waals surface area contributed by atoms with E-state index in [4.69, 9.17) is 0 Å². The lowest BCUT2D eigenvalue weighted by atomic mass is 9.77. The molecule has 4 aliphatic carbocycles. The average molecular weight is 122 g/mol. The summed E-state index contributed by atoms with van der Waals surface area (Å²) < 4.78 is 0. The van der Waals surface area contributed by atoms with Crippen molar-refractivity contribution in [2.45, 2.75) is 33.1 Å². The average Bonchev–Trinajstić information content (AvgIpc) is 2.16. The lowest BCUT2D eigenvalue weighted by molar-refractivity contribution is 0.209. The summed E-state index contributed by atoms with van der Waals surface area (Å²) >= 11 is 0. The zero-order chi connectivity index (χ0) is 6.28. The maximum absolute atomic E-state index is 2.46. The summed E-state index contributed by atoms with van der Waals surface area (Å²) in [5.74, 6) is 2.34. The molecule has 4 aliphatic rings. The van der Waals surface area contributed by atoms with Gasteiger partial charge in [-0.25, -0.2) is 0 Å². The molecule has 9 heavy (non-hydrogen) atoms. The maximum Gasteiger partial charge on any atom is -0.0255 e. The van der Waals surface area contributed by atoms with Gasteiger partial charge in [0.1, 0.15) is 0 Å². The van der Waals surface area contributed by atoms with E-state index in [1.54, 1.807) is 19.3 Å². The van der Waals surface area contributed by atoms with E-state index < -0.39 is 0 Å².